The number of aryl methyl sites for hydroxylation is 2. The number of halogens is 1. The second-order valence-corrected chi connectivity index (χ2v) is 6.93. The Bertz CT molecular complexity index is 1090. The Labute approximate surface area is 174 Å². The lowest BCUT2D eigenvalue weighted by Gasteiger charge is -2.13. The van der Waals surface area contributed by atoms with Gasteiger partial charge >= 0.3 is 5.97 Å². The van der Waals surface area contributed by atoms with E-state index in [1.54, 1.807) is 30.3 Å². The van der Waals surface area contributed by atoms with Gasteiger partial charge < -0.3 is 14.6 Å². The second-order valence-electron chi connectivity index (χ2n) is 6.49. The summed E-state index contributed by atoms with van der Waals surface area (Å²) in [6, 6.07) is 17.6. The lowest BCUT2D eigenvalue weighted by molar-refractivity contribution is 0.0696. The molecule has 0 spiro atoms. The van der Waals surface area contributed by atoms with Gasteiger partial charge in [0.15, 0.2) is 11.5 Å². The first-order valence-corrected chi connectivity index (χ1v) is 9.29. The van der Waals surface area contributed by atoms with Crippen LogP contribution in [0.2, 0.25) is 5.02 Å². The quantitative estimate of drug-likeness (QED) is 0.538. The van der Waals surface area contributed by atoms with E-state index in [0.717, 1.165) is 16.7 Å². The fourth-order valence-corrected chi connectivity index (χ4v) is 2.78. The van der Waals surface area contributed by atoms with Gasteiger partial charge in [-0.05, 0) is 79.6 Å². The number of hydrogen-bond donors (Lipinski definition) is 1. The SMILES string of the molecule is Cc1cc(Oc2ccc(C)cc2OCC#Cc2ccc(Cl)cc2)cc(C(=O)O)c1. The van der Waals surface area contributed by atoms with Crippen molar-refractivity contribution in [2.75, 3.05) is 6.61 Å². The molecule has 3 rings (SSSR count). The first-order chi connectivity index (χ1) is 13.9. The maximum Gasteiger partial charge on any atom is 0.335 e. The van der Waals surface area contributed by atoms with E-state index in [1.807, 2.05) is 38.1 Å². The summed E-state index contributed by atoms with van der Waals surface area (Å²) in [7, 11) is 0. The predicted octanol–water partition coefficient (Wildman–Crippen LogP) is 5.88. The molecule has 0 aliphatic heterocycles. The van der Waals surface area contributed by atoms with Crippen molar-refractivity contribution >= 4 is 17.6 Å². The van der Waals surface area contributed by atoms with E-state index >= 15 is 0 Å². The molecule has 0 atom stereocenters. The minimum absolute atomic E-state index is 0.170. The van der Waals surface area contributed by atoms with Crippen LogP contribution >= 0.6 is 11.6 Å². The van der Waals surface area contributed by atoms with Gasteiger partial charge in [0.25, 0.3) is 0 Å². The molecule has 1 N–H and O–H groups in total. The summed E-state index contributed by atoms with van der Waals surface area (Å²) in [6.07, 6.45) is 0. The minimum Gasteiger partial charge on any atom is -0.478 e. The lowest BCUT2D eigenvalue weighted by Crippen LogP contribution is -2.00. The van der Waals surface area contributed by atoms with Crippen molar-refractivity contribution in [3.8, 4) is 29.1 Å². The molecule has 0 aliphatic carbocycles. The van der Waals surface area contributed by atoms with Crippen molar-refractivity contribution in [1.29, 1.82) is 0 Å². The molecule has 0 saturated heterocycles. The summed E-state index contributed by atoms with van der Waals surface area (Å²) in [5, 5.41) is 9.90. The molecule has 0 fully saturated rings. The summed E-state index contributed by atoms with van der Waals surface area (Å²) in [6.45, 7) is 3.94. The number of aromatic carboxylic acids is 1. The number of ether oxygens (including phenoxy) is 2. The highest BCUT2D eigenvalue weighted by Gasteiger charge is 2.10. The molecular weight excluding hydrogens is 388 g/mol. The van der Waals surface area contributed by atoms with E-state index < -0.39 is 5.97 Å². The van der Waals surface area contributed by atoms with Gasteiger partial charge in [0.05, 0.1) is 5.56 Å². The molecule has 0 saturated carbocycles. The molecule has 0 unspecified atom stereocenters. The Hall–Kier alpha value is -3.42. The van der Waals surface area contributed by atoms with Crippen molar-refractivity contribution in [3.63, 3.8) is 0 Å². The smallest absolute Gasteiger partial charge is 0.335 e. The lowest BCUT2D eigenvalue weighted by atomic mass is 10.1. The molecule has 0 aromatic heterocycles. The Balaban J connectivity index is 1.76. The number of rotatable bonds is 5. The topological polar surface area (TPSA) is 55.8 Å². The van der Waals surface area contributed by atoms with E-state index in [4.69, 9.17) is 21.1 Å². The minimum atomic E-state index is -1.00. The van der Waals surface area contributed by atoms with Crippen molar-refractivity contribution < 1.29 is 19.4 Å². The maximum absolute atomic E-state index is 11.3. The number of hydrogen-bond acceptors (Lipinski definition) is 3. The highest BCUT2D eigenvalue weighted by Crippen LogP contribution is 2.33. The zero-order valence-corrected chi connectivity index (χ0v) is 16.8. The van der Waals surface area contributed by atoms with E-state index in [2.05, 4.69) is 11.8 Å². The molecule has 0 bridgehead atoms. The molecule has 5 heteroatoms. The monoisotopic (exact) mass is 406 g/mol. The van der Waals surface area contributed by atoms with Crippen LogP contribution in [0, 0.1) is 25.7 Å². The van der Waals surface area contributed by atoms with Crippen molar-refractivity contribution in [1.82, 2.24) is 0 Å². The van der Waals surface area contributed by atoms with Crippen LogP contribution in [0.1, 0.15) is 27.0 Å². The van der Waals surface area contributed by atoms with Gasteiger partial charge in [0.1, 0.15) is 12.4 Å². The van der Waals surface area contributed by atoms with Gasteiger partial charge in [-0.3, -0.25) is 0 Å². The average Bonchev–Trinajstić information content (AvgIpc) is 2.68. The Morgan fingerprint density at radius 1 is 0.966 bits per heavy atom. The fraction of sp³-hybridized carbons (Fsp3) is 0.125. The van der Waals surface area contributed by atoms with Crippen molar-refractivity contribution in [2.24, 2.45) is 0 Å². The van der Waals surface area contributed by atoms with Crippen LogP contribution in [0.5, 0.6) is 17.2 Å². The van der Waals surface area contributed by atoms with Gasteiger partial charge in [-0.1, -0.05) is 29.5 Å². The third-order valence-corrected chi connectivity index (χ3v) is 4.25. The Morgan fingerprint density at radius 2 is 1.72 bits per heavy atom. The Kier molecular flexibility index (Phi) is 6.43. The molecule has 3 aromatic carbocycles. The molecule has 0 amide bonds. The third-order valence-electron chi connectivity index (χ3n) is 4.00. The van der Waals surface area contributed by atoms with Crippen LogP contribution in [-0.2, 0) is 0 Å². The van der Waals surface area contributed by atoms with Crippen molar-refractivity contribution in [3.05, 3.63) is 87.9 Å². The van der Waals surface area contributed by atoms with Crippen LogP contribution in [-0.4, -0.2) is 17.7 Å². The largest absolute Gasteiger partial charge is 0.478 e. The van der Waals surface area contributed by atoms with Gasteiger partial charge in [-0.2, -0.15) is 0 Å². The molecule has 0 radical (unpaired) electrons. The molecule has 29 heavy (non-hydrogen) atoms. The molecule has 4 nitrogen and oxygen atoms in total. The van der Waals surface area contributed by atoms with E-state index in [9.17, 15) is 9.90 Å². The first-order valence-electron chi connectivity index (χ1n) is 8.91. The van der Waals surface area contributed by atoms with Gasteiger partial charge in [0.2, 0.25) is 0 Å². The van der Waals surface area contributed by atoms with Gasteiger partial charge in [0, 0.05) is 10.6 Å². The van der Waals surface area contributed by atoms with Crippen molar-refractivity contribution in [2.45, 2.75) is 13.8 Å². The summed E-state index contributed by atoms with van der Waals surface area (Å²) in [5.41, 5.74) is 2.82. The predicted molar refractivity (Wildman–Crippen MR) is 113 cm³/mol. The molecular formula is C24H19ClO4. The van der Waals surface area contributed by atoms with E-state index in [0.29, 0.717) is 22.3 Å². The average molecular weight is 407 g/mol. The number of carbonyl (C=O) groups is 1. The van der Waals surface area contributed by atoms with Crippen LogP contribution in [0.3, 0.4) is 0 Å². The second kappa shape index (κ2) is 9.18. The summed E-state index contributed by atoms with van der Waals surface area (Å²) in [4.78, 5) is 11.3. The maximum atomic E-state index is 11.3. The number of benzene rings is 3. The highest BCUT2D eigenvalue weighted by atomic mass is 35.5. The summed E-state index contributed by atoms with van der Waals surface area (Å²) < 4.78 is 11.7. The van der Waals surface area contributed by atoms with Gasteiger partial charge in [-0.25, -0.2) is 4.79 Å². The fourth-order valence-electron chi connectivity index (χ4n) is 2.65. The standard InChI is InChI=1S/C24H19ClO4/c1-16-5-10-22(29-21-13-17(2)12-19(15-21)24(26)27)23(14-16)28-11-3-4-18-6-8-20(25)9-7-18/h5-10,12-15H,11H2,1-2H3,(H,26,27). The van der Waals surface area contributed by atoms with Crippen LogP contribution in [0.15, 0.2) is 60.7 Å². The van der Waals surface area contributed by atoms with Crippen LogP contribution in [0.4, 0.5) is 0 Å². The summed E-state index contributed by atoms with van der Waals surface area (Å²) in [5.74, 6) is 6.44. The molecule has 0 heterocycles. The highest BCUT2D eigenvalue weighted by molar-refractivity contribution is 6.30. The van der Waals surface area contributed by atoms with Gasteiger partial charge in [-0.15, -0.1) is 0 Å². The van der Waals surface area contributed by atoms with E-state index in [1.165, 1.54) is 6.07 Å². The zero-order chi connectivity index (χ0) is 20.8. The third kappa shape index (κ3) is 5.78. The molecule has 146 valence electrons. The van der Waals surface area contributed by atoms with Crippen LogP contribution in [0.25, 0.3) is 0 Å². The van der Waals surface area contributed by atoms with E-state index in [-0.39, 0.29) is 12.2 Å². The summed E-state index contributed by atoms with van der Waals surface area (Å²) >= 11 is 5.87. The number of carboxylic acid groups (broad SMARTS) is 1. The molecule has 0 aliphatic rings. The zero-order valence-electron chi connectivity index (χ0n) is 16.0. The van der Waals surface area contributed by atoms with Crippen LogP contribution < -0.4 is 9.47 Å². The Morgan fingerprint density at radius 3 is 2.45 bits per heavy atom. The first kappa shape index (κ1) is 20.3. The molecule has 3 aromatic rings. The number of carboxylic acids is 1. The normalized spacial score (nSPS) is 10.0.